The number of nitro groups is 1. The van der Waals surface area contributed by atoms with Crippen molar-refractivity contribution in [2.45, 2.75) is 46.0 Å². The summed E-state index contributed by atoms with van der Waals surface area (Å²) in [4.78, 5) is 10.3. The molecule has 0 radical (unpaired) electrons. The smallest absolute Gasteiger partial charge is 0.294 e. The monoisotopic (exact) mass is 316 g/mol. The molecule has 0 unspecified atom stereocenters. The van der Waals surface area contributed by atoms with E-state index < -0.39 is 10.7 Å². The highest BCUT2D eigenvalue weighted by Gasteiger charge is 2.17. The minimum atomic E-state index is -0.651. The molecule has 0 atom stereocenters. The van der Waals surface area contributed by atoms with Crippen molar-refractivity contribution >= 4 is 23.0 Å². The highest BCUT2D eigenvalue weighted by Crippen LogP contribution is 2.30. The molecule has 0 aliphatic heterocycles. The third-order valence-electron chi connectivity index (χ3n) is 3.26. The number of rotatable bonds is 9. The Kier molecular flexibility index (Phi) is 7.43. The Morgan fingerprint density at radius 3 is 2.57 bits per heavy atom. The van der Waals surface area contributed by atoms with Crippen molar-refractivity contribution in [3.63, 3.8) is 0 Å². The molecule has 0 aliphatic rings. The molecule has 21 heavy (non-hydrogen) atoms. The lowest BCUT2D eigenvalue weighted by molar-refractivity contribution is -0.384. The lowest BCUT2D eigenvalue weighted by Gasteiger charge is -2.08. The molecule has 0 amide bonds. The Balaban J connectivity index is 2.41. The predicted molar refractivity (Wildman–Crippen MR) is 84.5 cm³/mol. The van der Waals surface area contributed by atoms with Crippen LogP contribution in [0.15, 0.2) is 12.1 Å². The van der Waals surface area contributed by atoms with Crippen molar-refractivity contribution in [3.8, 4) is 0 Å². The van der Waals surface area contributed by atoms with Gasteiger partial charge in [0.1, 0.15) is 11.5 Å². The van der Waals surface area contributed by atoms with Crippen molar-refractivity contribution in [2.24, 2.45) is 5.92 Å². The number of benzene rings is 1. The van der Waals surface area contributed by atoms with Gasteiger partial charge in [-0.25, -0.2) is 4.39 Å². The predicted octanol–water partition coefficient (Wildman–Crippen LogP) is 5.41. The molecule has 1 rings (SSSR count). The minimum Gasteiger partial charge on any atom is -0.379 e. The second kappa shape index (κ2) is 8.82. The van der Waals surface area contributed by atoms with Crippen LogP contribution in [0.2, 0.25) is 5.02 Å². The molecule has 0 bridgehead atoms. The van der Waals surface area contributed by atoms with Crippen LogP contribution >= 0.6 is 11.6 Å². The third-order valence-corrected chi connectivity index (χ3v) is 3.55. The van der Waals surface area contributed by atoms with Gasteiger partial charge < -0.3 is 5.32 Å². The number of hydrogen-bond donors (Lipinski definition) is 1. The Bertz CT molecular complexity index is 481. The van der Waals surface area contributed by atoms with E-state index in [1.807, 2.05) is 0 Å². The first kappa shape index (κ1) is 17.7. The molecule has 0 aliphatic carbocycles. The van der Waals surface area contributed by atoms with Gasteiger partial charge in [-0.05, 0) is 12.3 Å². The Morgan fingerprint density at radius 1 is 1.29 bits per heavy atom. The molecule has 0 spiro atoms. The van der Waals surface area contributed by atoms with E-state index in [1.54, 1.807) is 0 Å². The van der Waals surface area contributed by atoms with Crippen LogP contribution in [0.3, 0.4) is 0 Å². The largest absolute Gasteiger partial charge is 0.379 e. The third kappa shape index (κ3) is 6.29. The van der Waals surface area contributed by atoms with Crippen LogP contribution in [-0.2, 0) is 0 Å². The molecule has 0 fully saturated rings. The summed E-state index contributed by atoms with van der Waals surface area (Å²) in [5.41, 5.74) is -0.00899. The molecule has 118 valence electrons. The van der Waals surface area contributed by atoms with Crippen molar-refractivity contribution < 1.29 is 9.31 Å². The van der Waals surface area contributed by atoms with Crippen LogP contribution < -0.4 is 5.32 Å². The summed E-state index contributed by atoms with van der Waals surface area (Å²) in [7, 11) is 0. The average molecular weight is 317 g/mol. The van der Waals surface area contributed by atoms with Gasteiger partial charge in [-0.1, -0.05) is 51.1 Å². The number of halogens is 2. The fraction of sp³-hybridized carbons (Fsp3) is 0.600. The van der Waals surface area contributed by atoms with Crippen molar-refractivity contribution in [3.05, 3.63) is 33.1 Å². The van der Waals surface area contributed by atoms with E-state index in [9.17, 15) is 14.5 Å². The Morgan fingerprint density at radius 2 is 1.95 bits per heavy atom. The maximum absolute atomic E-state index is 13.4. The van der Waals surface area contributed by atoms with E-state index in [0.717, 1.165) is 37.3 Å². The fourth-order valence-corrected chi connectivity index (χ4v) is 2.24. The second-order valence-corrected chi connectivity index (χ2v) is 5.97. The first-order valence-electron chi connectivity index (χ1n) is 7.29. The molecule has 6 heteroatoms. The van der Waals surface area contributed by atoms with Gasteiger partial charge in [0.25, 0.3) is 5.69 Å². The molecule has 0 heterocycles. The SMILES string of the molecule is CC(C)CCCCCCNc1cc(F)c(Cl)cc1[N+](=O)[O-]. The van der Waals surface area contributed by atoms with Crippen molar-refractivity contribution in [1.82, 2.24) is 0 Å². The summed E-state index contributed by atoms with van der Waals surface area (Å²) < 4.78 is 13.4. The van der Waals surface area contributed by atoms with Gasteiger partial charge in [-0.15, -0.1) is 0 Å². The van der Waals surface area contributed by atoms with Crippen LogP contribution in [0.1, 0.15) is 46.0 Å². The van der Waals surface area contributed by atoms with Gasteiger partial charge in [0, 0.05) is 18.7 Å². The molecule has 0 saturated carbocycles. The summed E-state index contributed by atoms with van der Waals surface area (Å²) in [5, 5.41) is 13.6. The zero-order valence-electron chi connectivity index (χ0n) is 12.5. The zero-order chi connectivity index (χ0) is 15.8. The van der Waals surface area contributed by atoms with Gasteiger partial charge in [0.2, 0.25) is 0 Å². The van der Waals surface area contributed by atoms with Crippen LogP contribution in [0, 0.1) is 21.8 Å². The number of hydrogen-bond acceptors (Lipinski definition) is 3. The number of unbranched alkanes of at least 4 members (excludes halogenated alkanes) is 3. The summed E-state index contributed by atoms with van der Waals surface area (Å²) in [6.45, 7) is 5.00. The molecule has 1 aromatic rings. The van der Waals surface area contributed by atoms with Gasteiger partial charge in [-0.3, -0.25) is 10.1 Å². The fourth-order valence-electron chi connectivity index (χ4n) is 2.08. The van der Waals surface area contributed by atoms with Crippen LogP contribution in [0.5, 0.6) is 0 Å². The second-order valence-electron chi connectivity index (χ2n) is 5.56. The Labute approximate surface area is 129 Å². The summed E-state index contributed by atoms with van der Waals surface area (Å²) in [5.74, 6) is 0.0736. The van der Waals surface area contributed by atoms with E-state index >= 15 is 0 Å². The van der Waals surface area contributed by atoms with Crippen LogP contribution in [-0.4, -0.2) is 11.5 Å². The maximum atomic E-state index is 13.4. The quantitative estimate of drug-likeness (QED) is 0.376. The maximum Gasteiger partial charge on any atom is 0.294 e. The van der Waals surface area contributed by atoms with E-state index in [4.69, 9.17) is 11.6 Å². The summed E-state index contributed by atoms with van der Waals surface area (Å²) in [6.07, 6.45) is 5.54. The first-order chi connectivity index (χ1) is 9.91. The number of anilines is 1. The molecular weight excluding hydrogens is 295 g/mol. The Hall–Kier alpha value is -1.36. The summed E-state index contributed by atoms with van der Waals surface area (Å²) in [6, 6.07) is 2.13. The van der Waals surface area contributed by atoms with Crippen molar-refractivity contribution in [1.29, 1.82) is 0 Å². The standard InChI is InChI=1S/C15H22ClFN2O2/c1-11(2)7-5-3-4-6-8-18-14-10-13(17)12(16)9-15(14)19(20)21/h9-11,18H,3-8H2,1-2H3. The topological polar surface area (TPSA) is 55.2 Å². The highest BCUT2D eigenvalue weighted by molar-refractivity contribution is 6.31. The minimum absolute atomic E-state index is 0.184. The molecule has 1 N–H and O–H groups in total. The highest BCUT2D eigenvalue weighted by atomic mass is 35.5. The van der Waals surface area contributed by atoms with Crippen LogP contribution in [0.4, 0.5) is 15.8 Å². The molecule has 4 nitrogen and oxygen atoms in total. The number of nitro benzene ring substituents is 1. The van der Waals surface area contributed by atoms with Gasteiger partial charge >= 0.3 is 0 Å². The van der Waals surface area contributed by atoms with Crippen molar-refractivity contribution in [2.75, 3.05) is 11.9 Å². The molecular formula is C15H22ClFN2O2. The van der Waals surface area contributed by atoms with Crippen LogP contribution in [0.25, 0.3) is 0 Å². The van der Waals surface area contributed by atoms with E-state index in [-0.39, 0.29) is 16.4 Å². The van der Waals surface area contributed by atoms with E-state index in [1.165, 1.54) is 12.8 Å². The molecule has 0 aromatic heterocycles. The van der Waals surface area contributed by atoms with E-state index in [0.29, 0.717) is 6.54 Å². The first-order valence-corrected chi connectivity index (χ1v) is 7.67. The van der Waals surface area contributed by atoms with E-state index in [2.05, 4.69) is 19.2 Å². The van der Waals surface area contributed by atoms with Gasteiger partial charge in [0.05, 0.1) is 9.95 Å². The lowest BCUT2D eigenvalue weighted by atomic mass is 10.0. The molecule has 1 aromatic carbocycles. The number of nitrogens with one attached hydrogen (secondary N) is 1. The lowest BCUT2D eigenvalue weighted by Crippen LogP contribution is -2.05. The molecule has 0 saturated heterocycles. The van der Waals surface area contributed by atoms with Gasteiger partial charge in [-0.2, -0.15) is 0 Å². The van der Waals surface area contributed by atoms with Gasteiger partial charge in [0.15, 0.2) is 0 Å². The number of nitrogens with zero attached hydrogens (tertiary/aromatic N) is 1. The zero-order valence-corrected chi connectivity index (χ0v) is 13.3. The average Bonchev–Trinajstić information content (AvgIpc) is 2.40. The summed E-state index contributed by atoms with van der Waals surface area (Å²) >= 11 is 5.57. The normalized spacial score (nSPS) is 10.9.